The van der Waals surface area contributed by atoms with Crippen molar-refractivity contribution in [2.45, 2.75) is 12.8 Å². The van der Waals surface area contributed by atoms with Crippen molar-refractivity contribution in [2.24, 2.45) is 5.92 Å². The highest BCUT2D eigenvalue weighted by Gasteiger charge is 2.31. The van der Waals surface area contributed by atoms with Crippen molar-refractivity contribution < 1.29 is 14.3 Å². The Morgan fingerprint density at radius 3 is 2.33 bits per heavy atom. The summed E-state index contributed by atoms with van der Waals surface area (Å²) in [5.41, 5.74) is 4.12. The summed E-state index contributed by atoms with van der Waals surface area (Å²) < 4.78 is 5.58. The Labute approximate surface area is 195 Å². The number of likely N-dealkylation sites (N-methyl/N-ethyl adjacent to an activating group) is 1. The van der Waals surface area contributed by atoms with E-state index in [0.717, 1.165) is 28.0 Å². The highest BCUT2D eigenvalue weighted by Crippen LogP contribution is 2.33. The molecular weight excluding hydrogens is 412 g/mol. The molecule has 4 rings (SSSR count). The van der Waals surface area contributed by atoms with Gasteiger partial charge < -0.3 is 14.5 Å². The zero-order valence-corrected chi connectivity index (χ0v) is 19.2. The molecule has 5 nitrogen and oxygen atoms in total. The minimum Gasteiger partial charge on any atom is -0.496 e. The SMILES string of the molecule is COc1ccccc1-c1ccccc1CC1CN(C(=O)Cc2ccccc2)CCN(C)C1=O. The maximum Gasteiger partial charge on any atom is 0.227 e. The Balaban J connectivity index is 1.59. The van der Waals surface area contributed by atoms with Crippen molar-refractivity contribution in [3.63, 3.8) is 0 Å². The third-order valence-electron chi connectivity index (χ3n) is 6.30. The van der Waals surface area contributed by atoms with Gasteiger partial charge in [0.1, 0.15) is 5.75 Å². The topological polar surface area (TPSA) is 49.9 Å². The molecule has 5 heteroatoms. The average molecular weight is 443 g/mol. The first-order valence-corrected chi connectivity index (χ1v) is 11.3. The Hall–Kier alpha value is -3.60. The number of nitrogens with zero attached hydrogens (tertiary/aromatic N) is 2. The lowest BCUT2D eigenvalue weighted by atomic mass is 9.91. The second kappa shape index (κ2) is 10.3. The Morgan fingerprint density at radius 2 is 1.58 bits per heavy atom. The second-order valence-corrected chi connectivity index (χ2v) is 8.52. The molecule has 1 atom stereocenters. The number of hydrogen-bond acceptors (Lipinski definition) is 3. The highest BCUT2D eigenvalue weighted by molar-refractivity contribution is 5.83. The van der Waals surface area contributed by atoms with Gasteiger partial charge in [-0.1, -0.05) is 72.8 Å². The highest BCUT2D eigenvalue weighted by atomic mass is 16.5. The van der Waals surface area contributed by atoms with Gasteiger partial charge in [0.05, 0.1) is 19.4 Å². The summed E-state index contributed by atoms with van der Waals surface area (Å²) in [4.78, 5) is 29.9. The molecule has 3 aromatic rings. The fourth-order valence-corrected chi connectivity index (χ4v) is 4.48. The largest absolute Gasteiger partial charge is 0.496 e. The van der Waals surface area contributed by atoms with Gasteiger partial charge in [0.15, 0.2) is 0 Å². The normalized spacial score (nSPS) is 16.4. The number of hydrogen-bond donors (Lipinski definition) is 0. The minimum absolute atomic E-state index is 0.0623. The molecule has 3 aromatic carbocycles. The molecule has 1 saturated heterocycles. The molecule has 0 aliphatic carbocycles. The molecule has 33 heavy (non-hydrogen) atoms. The van der Waals surface area contributed by atoms with Crippen LogP contribution in [0, 0.1) is 5.92 Å². The molecule has 1 heterocycles. The number of amides is 2. The van der Waals surface area contributed by atoms with Crippen LogP contribution in [-0.2, 0) is 22.4 Å². The fourth-order valence-electron chi connectivity index (χ4n) is 4.48. The maximum absolute atomic E-state index is 13.2. The van der Waals surface area contributed by atoms with Gasteiger partial charge in [-0.3, -0.25) is 9.59 Å². The van der Waals surface area contributed by atoms with E-state index in [0.29, 0.717) is 32.5 Å². The molecule has 1 aliphatic rings. The number of rotatable bonds is 6. The Morgan fingerprint density at radius 1 is 0.909 bits per heavy atom. The average Bonchev–Trinajstić information content (AvgIpc) is 2.99. The van der Waals surface area contributed by atoms with Gasteiger partial charge in [0, 0.05) is 32.2 Å². The summed E-state index contributed by atoms with van der Waals surface area (Å²) in [5, 5.41) is 0. The molecule has 1 unspecified atom stereocenters. The third kappa shape index (κ3) is 5.25. The maximum atomic E-state index is 13.2. The van der Waals surface area contributed by atoms with Crippen molar-refractivity contribution in [3.8, 4) is 16.9 Å². The first-order valence-electron chi connectivity index (χ1n) is 11.3. The first kappa shape index (κ1) is 22.6. The predicted octanol–water partition coefficient (Wildman–Crippen LogP) is 4.06. The lowest BCUT2D eigenvalue weighted by Crippen LogP contribution is -2.38. The van der Waals surface area contributed by atoms with Crippen molar-refractivity contribution >= 4 is 11.8 Å². The number of methoxy groups -OCH3 is 1. The number of para-hydroxylation sites is 1. The van der Waals surface area contributed by atoms with Crippen molar-refractivity contribution in [1.82, 2.24) is 9.80 Å². The summed E-state index contributed by atoms with van der Waals surface area (Å²) in [6.45, 7) is 1.53. The van der Waals surface area contributed by atoms with Crippen LogP contribution in [0.2, 0.25) is 0 Å². The van der Waals surface area contributed by atoms with Gasteiger partial charge >= 0.3 is 0 Å². The van der Waals surface area contributed by atoms with E-state index in [-0.39, 0.29) is 17.7 Å². The Bertz CT molecular complexity index is 1110. The smallest absolute Gasteiger partial charge is 0.227 e. The predicted molar refractivity (Wildman–Crippen MR) is 130 cm³/mol. The standard InChI is InChI=1S/C28H30N2O3/c1-29-16-17-30(27(31)18-21-10-4-3-5-11-21)20-23(28(29)32)19-22-12-6-7-13-24(22)25-14-8-9-15-26(25)33-2/h3-15,23H,16-20H2,1-2H3. The van der Waals surface area contributed by atoms with E-state index >= 15 is 0 Å². The monoisotopic (exact) mass is 442 g/mol. The van der Waals surface area contributed by atoms with Crippen LogP contribution in [0.1, 0.15) is 11.1 Å². The summed E-state index contributed by atoms with van der Waals surface area (Å²) in [5.74, 6) is 0.647. The van der Waals surface area contributed by atoms with Crippen molar-refractivity contribution in [2.75, 3.05) is 33.8 Å². The van der Waals surface area contributed by atoms with E-state index in [2.05, 4.69) is 12.1 Å². The van der Waals surface area contributed by atoms with E-state index in [1.807, 2.05) is 78.7 Å². The molecule has 0 N–H and O–H groups in total. The van der Waals surface area contributed by atoms with Crippen LogP contribution in [0.5, 0.6) is 5.75 Å². The molecule has 0 radical (unpaired) electrons. The van der Waals surface area contributed by atoms with Crippen LogP contribution in [0.25, 0.3) is 11.1 Å². The van der Waals surface area contributed by atoms with Crippen molar-refractivity contribution in [3.05, 3.63) is 90.0 Å². The molecule has 1 fully saturated rings. The molecule has 1 aliphatic heterocycles. The van der Waals surface area contributed by atoms with E-state index in [1.165, 1.54) is 0 Å². The summed E-state index contributed by atoms with van der Waals surface area (Å²) in [7, 11) is 3.49. The summed E-state index contributed by atoms with van der Waals surface area (Å²) in [6.07, 6.45) is 0.912. The van der Waals surface area contributed by atoms with Gasteiger partial charge in [-0.05, 0) is 29.2 Å². The molecule has 0 spiro atoms. The van der Waals surface area contributed by atoms with E-state index in [4.69, 9.17) is 4.74 Å². The van der Waals surface area contributed by atoms with Crippen LogP contribution in [0.4, 0.5) is 0 Å². The molecular formula is C28H30N2O3. The lowest BCUT2D eigenvalue weighted by Gasteiger charge is -2.24. The van der Waals surface area contributed by atoms with Crippen LogP contribution in [0.3, 0.4) is 0 Å². The number of ether oxygens (including phenoxy) is 1. The van der Waals surface area contributed by atoms with Crippen LogP contribution in [-0.4, -0.2) is 55.4 Å². The zero-order chi connectivity index (χ0) is 23.2. The summed E-state index contributed by atoms with van der Waals surface area (Å²) >= 11 is 0. The van der Waals surface area contributed by atoms with Crippen molar-refractivity contribution in [1.29, 1.82) is 0 Å². The molecule has 0 aromatic heterocycles. The van der Waals surface area contributed by atoms with Gasteiger partial charge in [-0.25, -0.2) is 0 Å². The molecule has 170 valence electrons. The molecule has 2 amide bonds. The summed E-state index contributed by atoms with van der Waals surface area (Å²) in [6, 6.07) is 25.8. The van der Waals surface area contributed by atoms with E-state index < -0.39 is 0 Å². The molecule has 0 bridgehead atoms. The lowest BCUT2D eigenvalue weighted by molar-refractivity contribution is -0.133. The number of carbonyl (C=O) groups is 2. The van der Waals surface area contributed by atoms with E-state index in [9.17, 15) is 9.59 Å². The fraction of sp³-hybridized carbons (Fsp3) is 0.286. The zero-order valence-electron chi connectivity index (χ0n) is 19.2. The van der Waals surface area contributed by atoms with Crippen LogP contribution >= 0.6 is 0 Å². The number of carbonyl (C=O) groups excluding carboxylic acids is 2. The van der Waals surface area contributed by atoms with Gasteiger partial charge in [-0.15, -0.1) is 0 Å². The Kier molecular flexibility index (Phi) is 7.08. The van der Waals surface area contributed by atoms with Crippen LogP contribution in [0.15, 0.2) is 78.9 Å². The first-order chi connectivity index (χ1) is 16.1. The van der Waals surface area contributed by atoms with Gasteiger partial charge in [-0.2, -0.15) is 0 Å². The molecule has 0 saturated carbocycles. The minimum atomic E-state index is -0.298. The van der Waals surface area contributed by atoms with Gasteiger partial charge in [0.25, 0.3) is 0 Å². The number of benzene rings is 3. The van der Waals surface area contributed by atoms with E-state index in [1.54, 1.807) is 12.0 Å². The van der Waals surface area contributed by atoms with Crippen LogP contribution < -0.4 is 4.74 Å². The second-order valence-electron chi connectivity index (χ2n) is 8.52. The quantitative estimate of drug-likeness (QED) is 0.578. The third-order valence-corrected chi connectivity index (χ3v) is 6.30. The van der Waals surface area contributed by atoms with Gasteiger partial charge in [0.2, 0.25) is 11.8 Å².